The van der Waals surface area contributed by atoms with Gasteiger partial charge < -0.3 is 13.7 Å². The molecular formula is C19H29N3O4S. The van der Waals surface area contributed by atoms with Crippen LogP contribution in [0, 0.1) is 5.92 Å². The molecule has 0 N–H and O–H groups in total. The molecule has 1 fully saturated rings. The topological polar surface area (TPSA) is 77.6 Å². The Labute approximate surface area is 161 Å². The Bertz CT molecular complexity index is 821. The highest BCUT2D eigenvalue weighted by Crippen LogP contribution is 2.21. The standard InChI is InChI=1S/C19H29N3O4S/c1-15(2)11-22-16(12-21(3)13-17-6-4-8-25-17)10-20-19(22)27(23,24)14-18-7-5-9-26-18/h4,6,8,10,15,18H,5,7,9,11-14H2,1-3H3. The molecule has 0 amide bonds. The fourth-order valence-electron chi connectivity index (χ4n) is 3.42. The molecule has 0 saturated carbocycles. The first-order valence-electron chi connectivity index (χ1n) is 9.45. The van der Waals surface area contributed by atoms with E-state index in [9.17, 15) is 8.42 Å². The number of furan rings is 1. The first-order valence-corrected chi connectivity index (χ1v) is 11.1. The summed E-state index contributed by atoms with van der Waals surface area (Å²) in [4.78, 5) is 6.39. The first-order chi connectivity index (χ1) is 12.8. The van der Waals surface area contributed by atoms with Crippen LogP contribution >= 0.6 is 0 Å². The molecule has 2 aromatic rings. The zero-order chi connectivity index (χ0) is 19.4. The fraction of sp³-hybridized carbons (Fsp3) is 0.632. The second kappa shape index (κ2) is 8.58. The fourth-order valence-corrected chi connectivity index (χ4v) is 5.07. The largest absolute Gasteiger partial charge is 0.468 e. The van der Waals surface area contributed by atoms with Crippen LogP contribution < -0.4 is 0 Å². The summed E-state index contributed by atoms with van der Waals surface area (Å²) in [5.41, 5.74) is 0.892. The van der Waals surface area contributed by atoms with Crippen LogP contribution in [0.5, 0.6) is 0 Å². The van der Waals surface area contributed by atoms with Gasteiger partial charge in [0, 0.05) is 19.7 Å². The van der Waals surface area contributed by atoms with Crippen LogP contribution in [0.3, 0.4) is 0 Å². The third-order valence-electron chi connectivity index (χ3n) is 4.59. The highest BCUT2D eigenvalue weighted by atomic mass is 32.2. The molecule has 1 aliphatic rings. The molecule has 1 atom stereocenters. The van der Waals surface area contributed by atoms with E-state index in [4.69, 9.17) is 9.15 Å². The van der Waals surface area contributed by atoms with Gasteiger partial charge in [-0.25, -0.2) is 13.4 Å². The van der Waals surface area contributed by atoms with Gasteiger partial charge in [0.15, 0.2) is 0 Å². The van der Waals surface area contributed by atoms with Gasteiger partial charge in [-0.05, 0) is 37.9 Å². The van der Waals surface area contributed by atoms with Gasteiger partial charge in [0.1, 0.15) is 5.76 Å². The zero-order valence-electron chi connectivity index (χ0n) is 16.3. The normalized spacial score (nSPS) is 18.0. The van der Waals surface area contributed by atoms with E-state index in [1.54, 1.807) is 12.5 Å². The van der Waals surface area contributed by atoms with Crippen molar-refractivity contribution in [2.24, 2.45) is 5.92 Å². The average molecular weight is 396 g/mol. The minimum atomic E-state index is -3.50. The Morgan fingerprint density at radius 1 is 1.37 bits per heavy atom. The lowest BCUT2D eigenvalue weighted by Crippen LogP contribution is -2.25. The van der Waals surface area contributed by atoms with Crippen molar-refractivity contribution >= 4 is 9.84 Å². The Balaban J connectivity index is 1.79. The van der Waals surface area contributed by atoms with Crippen molar-refractivity contribution in [3.8, 4) is 0 Å². The van der Waals surface area contributed by atoms with Crippen molar-refractivity contribution < 1.29 is 17.6 Å². The smallest absolute Gasteiger partial charge is 0.227 e. The first kappa shape index (κ1) is 20.1. The number of hydrogen-bond donors (Lipinski definition) is 0. The van der Waals surface area contributed by atoms with Crippen LogP contribution in [0.2, 0.25) is 0 Å². The molecular weight excluding hydrogens is 366 g/mol. The summed E-state index contributed by atoms with van der Waals surface area (Å²) < 4.78 is 38.7. The molecule has 1 unspecified atom stereocenters. The second-order valence-electron chi connectivity index (χ2n) is 7.70. The molecule has 150 valence electrons. The van der Waals surface area contributed by atoms with E-state index in [0.717, 1.165) is 24.3 Å². The summed E-state index contributed by atoms with van der Waals surface area (Å²) in [5, 5.41) is 0.160. The van der Waals surface area contributed by atoms with Crippen molar-refractivity contribution in [2.45, 2.75) is 57.6 Å². The van der Waals surface area contributed by atoms with Crippen molar-refractivity contribution in [3.05, 3.63) is 36.0 Å². The molecule has 7 nitrogen and oxygen atoms in total. The van der Waals surface area contributed by atoms with Gasteiger partial charge in [0.25, 0.3) is 0 Å². The number of sulfone groups is 1. The van der Waals surface area contributed by atoms with Gasteiger partial charge in [-0.1, -0.05) is 13.8 Å². The maximum Gasteiger partial charge on any atom is 0.227 e. The molecule has 0 aliphatic carbocycles. The third kappa shape index (κ3) is 5.21. The summed E-state index contributed by atoms with van der Waals surface area (Å²) in [5.74, 6) is 1.19. The molecule has 3 rings (SSSR count). The maximum atomic E-state index is 13.0. The van der Waals surface area contributed by atoms with E-state index >= 15 is 0 Å². The number of imidazole rings is 1. The molecule has 3 heterocycles. The highest BCUT2D eigenvalue weighted by Gasteiger charge is 2.29. The lowest BCUT2D eigenvalue weighted by atomic mass is 10.2. The predicted octanol–water partition coefficient (Wildman–Crippen LogP) is 2.72. The Morgan fingerprint density at radius 3 is 2.81 bits per heavy atom. The van der Waals surface area contributed by atoms with Crippen LogP contribution in [-0.4, -0.2) is 48.4 Å². The van der Waals surface area contributed by atoms with Crippen LogP contribution in [0.4, 0.5) is 0 Å². The SMILES string of the molecule is CC(C)Cn1c(CN(C)Cc2ccco2)cnc1S(=O)(=O)CC1CCCO1. The van der Waals surface area contributed by atoms with Gasteiger partial charge in [-0.15, -0.1) is 0 Å². The van der Waals surface area contributed by atoms with Crippen molar-refractivity contribution in [2.75, 3.05) is 19.4 Å². The lowest BCUT2D eigenvalue weighted by molar-refractivity contribution is 0.127. The van der Waals surface area contributed by atoms with Gasteiger partial charge >= 0.3 is 0 Å². The number of rotatable bonds is 9. The third-order valence-corrected chi connectivity index (χ3v) is 6.29. The molecule has 0 spiro atoms. The molecule has 8 heteroatoms. The minimum Gasteiger partial charge on any atom is -0.468 e. The van der Waals surface area contributed by atoms with Crippen molar-refractivity contribution in [1.29, 1.82) is 0 Å². The quantitative estimate of drug-likeness (QED) is 0.650. The average Bonchev–Trinajstić information content (AvgIpc) is 3.31. The second-order valence-corrected chi connectivity index (χ2v) is 9.63. The summed E-state index contributed by atoms with van der Waals surface area (Å²) in [6.45, 7) is 6.65. The number of hydrogen-bond acceptors (Lipinski definition) is 6. The van der Waals surface area contributed by atoms with Gasteiger partial charge in [-0.3, -0.25) is 4.90 Å². The van der Waals surface area contributed by atoms with E-state index in [-0.39, 0.29) is 17.0 Å². The molecule has 0 bridgehead atoms. The summed E-state index contributed by atoms with van der Waals surface area (Å²) in [6.07, 6.45) is 4.83. The van der Waals surface area contributed by atoms with E-state index in [0.29, 0.717) is 32.2 Å². The van der Waals surface area contributed by atoms with Gasteiger partial charge in [0.2, 0.25) is 15.0 Å². The highest BCUT2D eigenvalue weighted by molar-refractivity contribution is 7.91. The lowest BCUT2D eigenvalue weighted by Gasteiger charge is -2.19. The Hall–Kier alpha value is -1.64. The number of ether oxygens (including phenoxy) is 1. The number of aromatic nitrogens is 2. The molecule has 1 saturated heterocycles. The van der Waals surface area contributed by atoms with Crippen LogP contribution in [-0.2, 0) is 34.2 Å². The summed E-state index contributed by atoms with van der Waals surface area (Å²) in [6, 6.07) is 3.79. The zero-order valence-corrected chi connectivity index (χ0v) is 17.1. The van der Waals surface area contributed by atoms with Crippen molar-refractivity contribution in [1.82, 2.24) is 14.5 Å². The molecule has 2 aromatic heterocycles. The predicted molar refractivity (Wildman–Crippen MR) is 102 cm³/mol. The van der Waals surface area contributed by atoms with E-state index < -0.39 is 9.84 Å². The van der Waals surface area contributed by atoms with Crippen LogP contribution in [0.15, 0.2) is 34.2 Å². The maximum absolute atomic E-state index is 13.0. The number of nitrogens with zero attached hydrogens (tertiary/aromatic N) is 3. The van der Waals surface area contributed by atoms with E-state index in [2.05, 4.69) is 23.7 Å². The summed E-state index contributed by atoms with van der Waals surface area (Å²) >= 11 is 0. The monoisotopic (exact) mass is 395 g/mol. The minimum absolute atomic E-state index is 0.00375. The van der Waals surface area contributed by atoms with Crippen LogP contribution in [0.25, 0.3) is 0 Å². The molecule has 27 heavy (non-hydrogen) atoms. The van der Waals surface area contributed by atoms with E-state index in [1.165, 1.54) is 0 Å². The van der Waals surface area contributed by atoms with Gasteiger partial charge in [-0.2, -0.15) is 0 Å². The van der Waals surface area contributed by atoms with Crippen molar-refractivity contribution in [3.63, 3.8) is 0 Å². The summed E-state index contributed by atoms with van der Waals surface area (Å²) in [7, 11) is -1.51. The molecule has 0 aromatic carbocycles. The van der Waals surface area contributed by atoms with Crippen LogP contribution in [0.1, 0.15) is 38.1 Å². The molecule has 1 aliphatic heterocycles. The van der Waals surface area contributed by atoms with Gasteiger partial charge in [0.05, 0.1) is 36.6 Å². The van der Waals surface area contributed by atoms with E-state index in [1.807, 2.05) is 23.7 Å². The molecule has 0 radical (unpaired) electrons. The Morgan fingerprint density at radius 2 is 2.19 bits per heavy atom. The Kier molecular flexibility index (Phi) is 6.39.